The van der Waals surface area contributed by atoms with Gasteiger partial charge in [0.05, 0.1) is 17.7 Å². The third-order valence-electron chi connectivity index (χ3n) is 11.6. The number of carbonyl (C=O) groups excluding carboxylic acids is 3. The van der Waals surface area contributed by atoms with E-state index < -0.39 is 46.5 Å². The number of nitrogens with one attached hydrogen (secondary N) is 1. The lowest BCUT2D eigenvalue weighted by Gasteiger charge is -2.59. The number of benzene rings is 1. The minimum Gasteiger partial charge on any atom is -0.502 e. The molecule has 4 aliphatic carbocycles. The molecule has 4 unspecified atom stereocenters. The Morgan fingerprint density at radius 2 is 1.87 bits per heavy atom. The lowest BCUT2D eigenvalue weighted by molar-refractivity contribution is -0.385. The first kappa shape index (κ1) is 32.6. The molecule has 0 radical (unpaired) electrons. The summed E-state index contributed by atoms with van der Waals surface area (Å²) in [6.07, 6.45) is 8.78. The molecule has 0 aromatic heterocycles. The van der Waals surface area contributed by atoms with E-state index in [9.17, 15) is 34.7 Å². The number of carbonyl (C=O) groups is 3. The topological polar surface area (TPSA) is 178 Å². The summed E-state index contributed by atoms with van der Waals surface area (Å²) in [6, 6.07) is 2.60. The van der Waals surface area contributed by atoms with E-state index in [-0.39, 0.29) is 23.0 Å². The van der Waals surface area contributed by atoms with Gasteiger partial charge in [0, 0.05) is 17.9 Å². The Kier molecular flexibility index (Phi) is 8.82. The summed E-state index contributed by atoms with van der Waals surface area (Å²) in [5, 5.41) is 39.0. The zero-order chi connectivity index (χ0) is 32.7. The van der Waals surface area contributed by atoms with Gasteiger partial charge in [-0.3, -0.25) is 19.7 Å². The molecular formula is C33H43N3O9. The van der Waals surface area contributed by atoms with Crippen LogP contribution in [0.5, 0.6) is 5.75 Å². The molecule has 3 fully saturated rings. The van der Waals surface area contributed by atoms with Crippen LogP contribution in [0.2, 0.25) is 0 Å². The first-order chi connectivity index (χ1) is 21.2. The van der Waals surface area contributed by atoms with Gasteiger partial charge >= 0.3 is 11.7 Å². The number of phenols is 1. The smallest absolute Gasteiger partial charge is 0.328 e. The molecule has 1 aromatic carbocycles. The summed E-state index contributed by atoms with van der Waals surface area (Å²) in [4.78, 5) is 53.3. The maximum atomic E-state index is 12.7. The zero-order valence-electron chi connectivity index (χ0n) is 26.3. The number of oxime groups is 1. The molecule has 0 heterocycles. The molecule has 7 atom stereocenters. The normalized spacial score (nSPS) is 33.6. The maximum absolute atomic E-state index is 12.7. The lowest BCUT2D eigenvalue weighted by Crippen LogP contribution is -2.57. The number of hydrogen-bond acceptors (Lipinski definition) is 10. The Labute approximate surface area is 262 Å². The second-order valence-corrected chi connectivity index (χ2v) is 13.7. The van der Waals surface area contributed by atoms with Crippen molar-refractivity contribution in [1.29, 1.82) is 0 Å². The number of nitro benzene ring substituents is 1. The van der Waals surface area contributed by atoms with Crippen LogP contribution >= 0.6 is 0 Å². The highest BCUT2D eigenvalue weighted by Crippen LogP contribution is 2.67. The molecule has 12 heteroatoms. The van der Waals surface area contributed by atoms with Gasteiger partial charge in [0.15, 0.2) is 18.1 Å². The minimum absolute atomic E-state index is 0.00854. The molecule has 0 bridgehead atoms. The molecule has 4 aliphatic rings. The van der Waals surface area contributed by atoms with Crippen molar-refractivity contribution in [2.45, 2.75) is 90.2 Å². The quantitative estimate of drug-likeness (QED) is 0.207. The number of esters is 1. The fourth-order valence-electron chi connectivity index (χ4n) is 9.06. The first-order valence-electron chi connectivity index (χ1n) is 15.7. The largest absolute Gasteiger partial charge is 0.502 e. The molecular weight excluding hydrogens is 582 g/mol. The molecule has 0 spiro atoms. The summed E-state index contributed by atoms with van der Waals surface area (Å²) in [6.45, 7) is 5.56. The van der Waals surface area contributed by atoms with Gasteiger partial charge in [0.2, 0.25) is 0 Å². The van der Waals surface area contributed by atoms with E-state index in [1.54, 1.807) is 0 Å². The van der Waals surface area contributed by atoms with Gasteiger partial charge in [-0.15, -0.1) is 0 Å². The van der Waals surface area contributed by atoms with E-state index in [4.69, 9.17) is 9.57 Å². The Balaban J connectivity index is 1.20. The standard InChI is InChI=1S/C33H43N3O9/c1-19(37)33(41)14-11-25-23-7-6-21-17-22(9-12-31(21,2)24(23)10-13-32(25,33)3)35-45-18-29(39)34-26(30(40)44-4)15-20-5-8-28(38)27(16-20)36(42)43/h5,8,16-17,23-26,38,41H,6-7,9-15,18H2,1-4H3,(H,34,39)/b35-22-/t23?,24?,25?,26?,31-,32-,33-/m0/s1. The number of ketones is 1. The number of rotatable bonds is 9. The number of allylic oxidation sites excluding steroid dienone is 2. The maximum Gasteiger partial charge on any atom is 0.328 e. The molecule has 0 aliphatic heterocycles. The molecule has 3 saturated carbocycles. The summed E-state index contributed by atoms with van der Waals surface area (Å²) in [5.41, 5.74) is 0.345. The molecule has 12 nitrogen and oxygen atoms in total. The number of ether oxygens (including phenoxy) is 1. The van der Waals surface area contributed by atoms with Crippen molar-refractivity contribution in [2.75, 3.05) is 13.7 Å². The number of methoxy groups -OCH3 is 1. The highest BCUT2D eigenvalue weighted by molar-refractivity contribution is 5.96. The van der Waals surface area contributed by atoms with Gasteiger partial charge in [-0.2, -0.15) is 0 Å². The van der Waals surface area contributed by atoms with Gasteiger partial charge in [0.1, 0.15) is 11.6 Å². The molecule has 244 valence electrons. The minimum atomic E-state index is -1.22. The van der Waals surface area contributed by atoms with Crippen LogP contribution in [0.1, 0.15) is 77.7 Å². The summed E-state index contributed by atoms with van der Waals surface area (Å²) in [7, 11) is 1.17. The van der Waals surface area contributed by atoms with Crippen LogP contribution in [-0.4, -0.2) is 63.9 Å². The number of Topliss-reactive ketones (excluding diaryl/α,β-unsaturated/α-hetero) is 1. The van der Waals surface area contributed by atoms with E-state index in [1.807, 2.05) is 0 Å². The van der Waals surface area contributed by atoms with Crippen LogP contribution in [0.3, 0.4) is 0 Å². The first-order valence-corrected chi connectivity index (χ1v) is 15.7. The molecule has 0 saturated heterocycles. The number of phenolic OH excluding ortho intramolecular Hbond substituents is 1. The van der Waals surface area contributed by atoms with E-state index in [2.05, 4.69) is 30.4 Å². The monoisotopic (exact) mass is 625 g/mol. The lowest BCUT2D eigenvalue weighted by atomic mass is 9.46. The van der Waals surface area contributed by atoms with Crippen LogP contribution in [-0.2, 0) is 30.4 Å². The summed E-state index contributed by atoms with van der Waals surface area (Å²) >= 11 is 0. The van der Waals surface area contributed by atoms with Crippen molar-refractivity contribution in [3.05, 3.63) is 45.5 Å². The third-order valence-corrected chi connectivity index (χ3v) is 11.6. The van der Waals surface area contributed by atoms with E-state index in [1.165, 1.54) is 25.7 Å². The van der Waals surface area contributed by atoms with Crippen LogP contribution in [0.4, 0.5) is 5.69 Å². The van der Waals surface area contributed by atoms with Gasteiger partial charge in [-0.05, 0) is 99.2 Å². The third kappa shape index (κ3) is 5.73. The van der Waals surface area contributed by atoms with Crippen molar-refractivity contribution >= 4 is 29.1 Å². The van der Waals surface area contributed by atoms with Gasteiger partial charge in [-0.1, -0.05) is 30.6 Å². The van der Waals surface area contributed by atoms with Crippen molar-refractivity contribution in [1.82, 2.24) is 5.32 Å². The second-order valence-electron chi connectivity index (χ2n) is 13.7. The molecule has 1 amide bonds. The Hall–Kier alpha value is -3.80. The van der Waals surface area contributed by atoms with Crippen LogP contribution in [0.25, 0.3) is 0 Å². The summed E-state index contributed by atoms with van der Waals surface area (Å²) < 4.78 is 4.79. The van der Waals surface area contributed by atoms with Gasteiger partial charge in [-0.25, -0.2) is 4.79 Å². The highest BCUT2D eigenvalue weighted by atomic mass is 16.6. The Morgan fingerprint density at radius 3 is 2.56 bits per heavy atom. The molecule has 5 rings (SSSR count). The number of aliphatic hydroxyl groups is 1. The number of fused-ring (bicyclic) bond motifs is 5. The van der Waals surface area contributed by atoms with Gasteiger partial charge in [0.25, 0.3) is 5.91 Å². The average molecular weight is 626 g/mol. The van der Waals surface area contributed by atoms with Crippen LogP contribution in [0, 0.1) is 38.7 Å². The van der Waals surface area contributed by atoms with E-state index in [0.29, 0.717) is 36.2 Å². The van der Waals surface area contributed by atoms with E-state index in [0.717, 1.165) is 56.4 Å². The molecule has 45 heavy (non-hydrogen) atoms. The Morgan fingerprint density at radius 1 is 1.13 bits per heavy atom. The van der Waals surface area contributed by atoms with E-state index >= 15 is 0 Å². The second kappa shape index (κ2) is 12.2. The zero-order valence-corrected chi connectivity index (χ0v) is 26.3. The van der Waals surface area contributed by atoms with Crippen LogP contribution in [0.15, 0.2) is 35.0 Å². The number of nitro groups is 1. The number of hydrogen-bond donors (Lipinski definition) is 3. The molecule has 1 aromatic rings. The SMILES string of the molecule is COC(=O)C(Cc1ccc(O)c([N+](=O)[O-])c1)NC(=O)CO/N=C1\C=C2CCC3C(CC[C@@]4(C)C3CC[C@]4(O)C(C)=O)[C@@]2(C)CC1. The summed E-state index contributed by atoms with van der Waals surface area (Å²) in [5.74, 6) is -0.674. The fourth-order valence-corrected chi connectivity index (χ4v) is 9.06. The highest BCUT2D eigenvalue weighted by Gasteiger charge is 2.65. The van der Waals surface area contributed by atoms with Crippen molar-refractivity contribution < 1.29 is 39.1 Å². The predicted octanol–water partition coefficient (Wildman–Crippen LogP) is 4.16. The van der Waals surface area contributed by atoms with Crippen molar-refractivity contribution in [3.8, 4) is 5.75 Å². The number of nitrogens with zero attached hydrogens (tertiary/aromatic N) is 2. The number of aromatic hydroxyl groups is 1. The Bertz CT molecular complexity index is 1460. The number of amides is 1. The van der Waals surface area contributed by atoms with Crippen molar-refractivity contribution in [3.63, 3.8) is 0 Å². The van der Waals surface area contributed by atoms with Crippen LogP contribution < -0.4 is 5.32 Å². The predicted molar refractivity (Wildman–Crippen MR) is 163 cm³/mol. The van der Waals surface area contributed by atoms with Crippen molar-refractivity contribution in [2.24, 2.45) is 33.7 Å². The fraction of sp³-hybridized carbons (Fsp3) is 0.636. The average Bonchev–Trinajstić information content (AvgIpc) is 3.28. The van der Waals surface area contributed by atoms with Gasteiger partial charge < -0.3 is 25.1 Å². The molecule has 3 N–H and O–H groups in total.